The average Bonchev–Trinajstić information content (AvgIpc) is 3.19. The Morgan fingerprint density at radius 3 is 1.46 bits per heavy atom. The van der Waals surface area contributed by atoms with Gasteiger partial charge in [0.25, 0.3) is 0 Å². The van der Waals surface area contributed by atoms with Crippen LogP contribution in [0.4, 0.5) is 22.7 Å². The number of rotatable bonds is 9. The number of hydrogen-bond acceptors (Lipinski definition) is 10. The number of nitrogens with two attached hydrogens (primary N) is 1. The second-order valence-electron chi connectivity index (χ2n) is 14.0. The maximum absolute atomic E-state index is 11.3. The van der Waals surface area contributed by atoms with Crippen LogP contribution in [0, 0.1) is 10.1 Å². The summed E-state index contributed by atoms with van der Waals surface area (Å²) in [4.78, 5) is 21.2. The monoisotopic (exact) mass is 696 g/mol. The van der Waals surface area contributed by atoms with Crippen LogP contribution in [0.2, 0.25) is 0 Å². The number of benzene rings is 2. The molecule has 0 amide bonds. The maximum atomic E-state index is 11.3. The van der Waals surface area contributed by atoms with Gasteiger partial charge in [0.2, 0.25) is 0 Å². The van der Waals surface area contributed by atoms with E-state index in [1.807, 2.05) is 6.07 Å². The molecule has 0 atom stereocenters. The molecule has 0 aromatic heterocycles. The van der Waals surface area contributed by atoms with Crippen LogP contribution in [-0.2, 0) is 12.8 Å². The van der Waals surface area contributed by atoms with Gasteiger partial charge < -0.3 is 39.9 Å². The van der Waals surface area contributed by atoms with Crippen LogP contribution < -0.4 is 25.0 Å². The van der Waals surface area contributed by atoms with Gasteiger partial charge in [-0.15, -0.1) is 0 Å². The number of nitrogens with zero attached hydrogens (tertiary/aromatic N) is 5. The van der Waals surface area contributed by atoms with Gasteiger partial charge in [-0.1, -0.05) is 26.7 Å². The number of piperidine rings is 4. The molecule has 2 aromatic carbocycles. The first-order chi connectivity index (χ1) is 24.4. The summed E-state index contributed by atoms with van der Waals surface area (Å²) in [5.74, 6) is 1.16. The number of nitrogen functional groups attached to an aromatic ring is 1. The summed E-state index contributed by atoms with van der Waals surface area (Å²) < 4.78 is 10.7. The predicted molar refractivity (Wildman–Crippen MR) is 205 cm³/mol. The van der Waals surface area contributed by atoms with E-state index in [1.165, 1.54) is 109 Å². The van der Waals surface area contributed by atoms with Gasteiger partial charge in [0, 0.05) is 74.9 Å². The molecule has 4 saturated heterocycles. The zero-order chi connectivity index (χ0) is 36.0. The van der Waals surface area contributed by atoms with E-state index < -0.39 is 0 Å². The number of aryl methyl sites for hydroxylation is 2. The summed E-state index contributed by atoms with van der Waals surface area (Å²) in [6.45, 7) is 13.7. The van der Waals surface area contributed by atoms with Gasteiger partial charge in [-0.25, -0.2) is 0 Å². The number of likely N-dealkylation sites (tertiary alicyclic amines) is 2. The Hall–Kier alpha value is -3.28. The van der Waals surface area contributed by atoms with E-state index >= 15 is 0 Å². The summed E-state index contributed by atoms with van der Waals surface area (Å²) in [7, 11) is 4.20. The number of anilines is 3. The number of nitro groups is 1. The van der Waals surface area contributed by atoms with Gasteiger partial charge in [-0.05, 0) is 108 Å². The lowest BCUT2D eigenvalue weighted by Gasteiger charge is -2.41. The molecule has 4 aliphatic heterocycles. The molecular formula is C39H64N6O5. The number of aliphatic hydroxyl groups is 1. The van der Waals surface area contributed by atoms with Gasteiger partial charge in [-0.3, -0.25) is 10.1 Å². The lowest BCUT2D eigenvalue weighted by atomic mass is 9.98. The van der Waals surface area contributed by atoms with Crippen LogP contribution >= 0.6 is 0 Å². The van der Waals surface area contributed by atoms with Crippen molar-refractivity contribution in [3.63, 3.8) is 0 Å². The van der Waals surface area contributed by atoms with Gasteiger partial charge in [0.05, 0.1) is 24.8 Å². The Balaban J connectivity index is 0.000000215. The summed E-state index contributed by atoms with van der Waals surface area (Å²) in [6.07, 6.45) is 14.9. The molecule has 2 aromatic rings. The van der Waals surface area contributed by atoms with Crippen LogP contribution in [0.5, 0.6) is 11.5 Å². The molecule has 0 radical (unpaired) electrons. The average molecular weight is 697 g/mol. The lowest BCUT2D eigenvalue weighted by molar-refractivity contribution is -0.385. The molecule has 4 fully saturated rings. The van der Waals surface area contributed by atoms with Crippen LogP contribution in [0.25, 0.3) is 0 Å². The Labute approximate surface area is 300 Å². The zero-order valence-electron chi connectivity index (χ0n) is 31.5. The molecule has 4 aliphatic rings. The highest BCUT2D eigenvalue weighted by molar-refractivity contribution is 5.67. The summed E-state index contributed by atoms with van der Waals surface area (Å²) in [5.41, 5.74) is 11.7. The molecule has 11 nitrogen and oxygen atoms in total. The van der Waals surface area contributed by atoms with Gasteiger partial charge in [0.15, 0.2) is 5.75 Å². The van der Waals surface area contributed by atoms with Crippen LogP contribution in [0.15, 0.2) is 24.3 Å². The first-order valence-electron chi connectivity index (χ1n) is 19.1. The van der Waals surface area contributed by atoms with Gasteiger partial charge in [0.1, 0.15) is 5.75 Å². The smallest absolute Gasteiger partial charge is 0.311 e. The minimum Gasteiger partial charge on any atom is -0.495 e. The maximum Gasteiger partial charge on any atom is 0.311 e. The molecule has 0 saturated carbocycles. The second kappa shape index (κ2) is 19.9. The van der Waals surface area contributed by atoms with Crippen molar-refractivity contribution in [3.05, 3.63) is 45.5 Å². The number of ether oxygens (including phenoxy) is 2. The molecule has 0 spiro atoms. The van der Waals surface area contributed by atoms with Crippen molar-refractivity contribution >= 4 is 22.7 Å². The van der Waals surface area contributed by atoms with E-state index in [-0.39, 0.29) is 10.6 Å². The summed E-state index contributed by atoms with van der Waals surface area (Å²) >= 11 is 0. The molecule has 50 heavy (non-hydrogen) atoms. The Kier molecular flexibility index (Phi) is 15.8. The standard InChI is InChI=1S/C19H29N3O3.C19H31N3O.CH4O/c1-3-15-13-18(22(23)24)19(25-2)14-17(15)21-11-7-16(8-12-21)20-9-5-4-6-10-20;1-3-15-13-17(20)19(23-2)14-18(15)22-11-7-16(8-12-22)21-9-5-4-6-10-21;1-2/h13-14,16H,3-12H2,1-2H3;13-14,16H,3-12,20H2,1-2H3;2H,1H3. The van der Waals surface area contributed by atoms with E-state index in [4.69, 9.17) is 20.3 Å². The van der Waals surface area contributed by atoms with Crippen molar-refractivity contribution in [2.24, 2.45) is 0 Å². The molecule has 6 rings (SSSR count). The molecule has 280 valence electrons. The Morgan fingerprint density at radius 1 is 0.680 bits per heavy atom. The normalized spacial score (nSPS) is 19.6. The van der Waals surface area contributed by atoms with Crippen molar-refractivity contribution in [2.45, 2.75) is 103 Å². The fourth-order valence-electron chi connectivity index (χ4n) is 8.38. The van der Waals surface area contributed by atoms with Crippen molar-refractivity contribution < 1.29 is 19.5 Å². The zero-order valence-corrected chi connectivity index (χ0v) is 31.5. The van der Waals surface area contributed by atoms with Crippen molar-refractivity contribution in [3.8, 4) is 11.5 Å². The SMILES string of the molecule is CCc1cc(N)c(OC)cc1N1CCC(N2CCCCC2)CC1.CCc1cc([N+](=O)[O-])c(OC)cc1N1CCC(N2CCCCC2)CC1.CO. The van der Waals surface area contributed by atoms with E-state index in [2.05, 4.69) is 45.6 Å². The quantitative estimate of drug-likeness (QED) is 0.170. The highest BCUT2D eigenvalue weighted by Gasteiger charge is 2.29. The highest BCUT2D eigenvalue weighted by Crippen LogP contribution is 2.37. The fourth-order valence-corrected chi connectivity index (χ4v) is 8.38. The van der Waals surface area contributed by atoms with Crippen LogP contribution in [0.1, 0.15) is 89.2 Å². The van der Waals surface area contributed by atoms with Crippen molar-refractivity contribution in [1.82, 2.24) is 9.80 Å². The first kappa shape index (κ1) is 39.5. The number of nitro benzene ring substituents is 1. The number of hydrogen-bond donors (Lipinski definition) is 2. The van der Waals surface area contributed by atoms with Crippen LogP contribution in [0.3, 0.4) is 0 Å². The molecule has 0 aliphatic carbocycles. The van der Waals surface area contributed by atoms with Crippen molar-refractivity contribution in [1.29, 1.82) is 0 Å². The number of methoxy groups -OCH3 is 2. The van der Waals surface area contributed by atoms with Gasteiger partial charge >= 0.3 is 5.69 Å². The molecule has 3 N–H and O–H groups in total. The fraction of sp³-hybridized carbons (Fsp3) is 0.692. The van der Waals surface area contributed by atoms with E-state index in [0.29, 0.717) is 11.8 Å². The first-order valence-corrected chi connectivity index (χ1v) is 19.1. The van der Waals surface area contributed by atoms with Gasteiger partial charge in [-0.2, -0.15) is 0 Å². The Bertz CT molecular complexity index is 1330. The minimum absolute atomic E-state index is 0.0614. The Morgan fingerprint density at radius 2 is 1.08 bits per heavy atom. The molecule has 4 heterocycles. The van der Waals surface area contributed by atoms with E-state index in [9.17, 15) is 10.1 Å². The predicted octanol–water partition coefficient (Wildman–Crippen LogP) is 6.52. The van der Waals surface area contributed by atoms with E-state index in [1.54, 1.807) is 13.2 Å². The third-order valence-electron chi connectivity index (χ3n) is 11.2. The third-order valence-corrected chi connectivity index (χ3v) is 11.2. The molecule has 0 bridgehead atoms. The third kappa shape index (κ3) is 9.94. The number of aliphatic hydroxyl groups excluding tert-OH is 1. The second-order valence-corrected chi connectivity index (χ2v) is 14.0. The topological polar surface area (TPSA) is 121 Å². The summed E-state index contributed by atoms with van der Waals surface area (Å²) in [5, 5.41) is 18.3. The molecule has 11 heteroatoms. The highest BCUT2D eigenvalue weighted by atomic mass is 16.6. The summed E-state index contributed by atoms with van der Waals surface area (Å²) in [6, 6.07) is 9.25. The molecular weight excluding hydrogens is 632 g/mol. The van der Waals surface area contributed by atoms with Crippen LogP contribution in [-0.4, -0.2) is 106 Å². The largest absolute Gasteiger partial charge is 0.495 e. The van der Waals surface area contributed by atoms with E-state index in [0.717, 1.165) is 74.9 Å². The molecule has 0 unspecified atom stereocenters. The lowest BCUT2D eigenvalue weighted by Crippen LogP contribution is -2.46. The minimum atomic E-state index is -0.357. The van der Waals surface area contributed by atoms with Crippen molar-refractivity contribution in [2.75, 3.05) is 89.2 Å².